The summed E-state index contributed by atoms with van der Waals surface area (Å²) in [6, 6.07) is 0.208. The first kappa shape index (κ1) is 12.5. The van der Waals surface area contributed by atoms with Gasteiger partial charge in [0.05, 0.1) is 25.8 Å². The first-order chi connectivity index (χ1) is 9.72. The third-order valence-electron chi connectivity index (χ3n) is 2.60. The van der Waals surface area contributed by atoms with Gasteiger partial charge in [0.1, 0.15) is 17.2 Å². The van der Waals surface area contributed by atoms with Crippen LogP contribution in [0.5, 0.6) is 11.9 Å². The van der Waals surface area contributed by atoms with Gasteiger partial charge in [0.2, 0.25) is 5.88 Å². The maximum Gasteiger partial charge on any atom is 0.319 e. The van der Waals surface area contributed by atoms with Crippen LogP contribution in [-0.4, -0.2) is 43.9 Å². The second-order valence-corrected chi connectivity index (χ2v) is 4.08. The molecule has 0 radical (unpaired) electrons. The molecule has 0 amide bonds. The molecule has 3 aromatic heterocycles. The van der Waals surface area contributed by atoms with E-state index >= 15 is 0 Å². The summed E-state index contributed by atoms with van der Waals surface area (Å²) in [5.41, 5.74) is 1.02. The lowest BCUT2D eigenvalue weighted by molar-refractivity contribution is 0.350. The minimum atomic E-state index is 0.208. The molecule has 0 saturated heterocycles. The Balaban J connectivity index is 2.17. The van der Waals surface area contributed by atoms with E-state index in [1.165, 1.54) is 31.4 Å². The Morgan fingerprint density at radius 1 is 1.15 bits per heavy atom. The van der Waals surface area contributed by atoms with Gasteiger partial charge < -0.3 is 9.47 Å². The molecule has 0 bridgehead atoms. The molecule has 0 unspecified atom stereocenters. The van der Waals surface area contributed by atoms with Gasteiger partial charge >= 0.3 is 6.01 Å². The van der Waals surface area contributed by atoms with Crippen LogP contribution in [0.1, 0.15) is 0 Å². The van der Waals surface area contributed by atoms with Crippen molar-refractivity contribution in [2.24, 2.45) is 0 Å². The third-order valence-corrected chi connectivity index (χ3v) is 2.91. The Labute approximate surface area is 118 Å². The van der Waals surface area contributed by atoms with Gasteiger partial charge in [-0.3, -0.25) is 0 Å². The summed E-state index contributed by atoms with van der Waals surface area (Å²) in [6.45, 7) is 0. The highest BCUT2D eigenvalue weighted by Gasteiger charge is 2.14. The van der Waals surface area contributed by atoms with Crippen molar-refractivity contribution < 1.29 is 9.47 Å². The number of ether oxygens (including phenoxy) is 2. The second-order valence-electron chi connectivity index (χ2n) is 3.73. The third kappa shape index (κ3) is 1.99. The van der Waals surface area contributed by atoms with E-state index < -0.39 is 0 Å². The molecule has 102 valence electrons. The van der Waals surface area contributed by atoms with E-state index in [1.54, 1.807) is 6.20 Å². The summed E-state index contributed by atoms with van der Waals surface area (Å²) >= 11 is 5.99. The predicted octanol–water partition coefficient (Wildman–Crippen LogP) is 1.28. The molecule has 3 aromatic rings. The highest BCUT2D eigenvalue weighted by Crippen LogP contribution is 2.24. The van der Waals surface area contributed by atoms with Crippen molar-refractivity contribution in [3.05, 3.63) is 23.9 Å². The monoisotopic (exact) mass is 292 g/mol. The lowest BCUT2D eigenvalue weighted by Crippen LogP contribution is -2.03. The van der Waals surface area contributed by atoms with Crippen LogP contribution in [0.15, 0.2) is 18.7 Å². The van der Waals surface area contributed by atoms with Crippen LogP contribution >= 0.6 is 11.6 Å². The maximum absolute atomic E-state index is 5.99. The van der Waals surface area contributed by atoms with Crippen molar-refractivity contribution in [1.29, 1.82) is 0 Å². The summed E-state index contributed by atoms with van der Waals surface area (Å²) in [6.07, 6.45) is 4.58. The van der Waals surface area contributed by atoms with Crippen LogP contribution in [0.3, 0.4) is 0 Å². The van der Waals surface area contributed by atoms with E-state index in [9.17, 15) is 0 Å². The predicted molar refractivity (Wildman–Crippen MR) is 70.4 cm³/mol. The van der Waals surface area contributed by atoms with Crippen molar-refractivity contribution >= 4 is 22.6 Å². The molecule has 0 atom stereocenters. The zero-order valence-corrected chi connectivity index (χ0v) is 11.4. The molecule has 0 aliphatic rings. The minimum absolute atomic E-state index is 0.208. The highest BCUT2D eigenvalue weighted by atomic mass is 35.5. The zero-order chi connectivity index (χ0) is 14.1. The molecule has 3 heterocycles. The fraction of sp³-hybridized carbons (Fsp3) is 0.182. The van der Waals surface area contributed by atoms with Crippen LogP contribution in [0, 0.1) is 0 Å². The number of hydrogen-bond donors (Lipinski definition) is 0. The van der Waals surface area contributed by atoms with Crippen molar-refractivity contribution in [2.75, 3.05) is 14.2 Å². The van der Waals surface area contributed by atoms with Crippen molar-refractivity contribution in [3.63, 3.8) is 0 Å². The molecular weight excluding hydrogens is 284 g/mol. The van der Waals surface area contributed by atoms with E-state index in [2.05, 4.69) is 25.0 Å². The zero-order valence-electron chi connectivity index (χ0n) is 10.6. The maximum atomic E-state index is 5.99. The van der Waals surface area contributed by atoms with Gasteiger partial charge in [-0.1, -0.05) is 11.6 Å². The van der Waals surface area contributed by atoms with Crippen molar-refractivity contribution in [1.82, 2.24) is 29.7 Å². The van der Waals surface area contributed by atoms with E-state index in [1.807, 2.05) is 0 Å². The summed E-state index contributed by atoms with van der Waals surface area (Å²) in [7, 11) is 2.98. The first-order valence-electron chi connectivity index (χ1n) is 5.54. The number of nitrogens with zero attached hydrogens (tertiary/aromatic N) is 6. The molecular formula is C11H9ClN6O2. The van der Waals surface area contributed by atoms with Crippen LogP contribution in [0.25, 0.3) is 16.7 Å². The van der Waals surface area contributed by atoms with E-state index in [0.29, 0.717) is 27.8 Å². The Bertz CT molecular complexity index is 775. The minimum Gasteiger partial charge on any atom is -0.479 e. The van der Waals surface area contributed by atoms with Crippen molar-refractivity contribution in [2.45, 2.75) is 0 Å². The first-order valence-corrected chi connectivity index (χ1v) is 5.92. The van der Waals surface area contributed by atoms with Crippen LogP contribution in [-0.2, 0) is 0 Å². The van der Waals surface area contributed by atoms with Gasteiger partial charge in [0.15, 0.2) is 5.65 Å². The normalized spacial score (nSPS) is 10.8. The number of methoxy groups -OCH3 is 2. The molecule has 9 heteroatoms. The average molecular weight is 293 g/mol. The number of aromatic nitrogens is 6. The fourth-order valence-electron chi connectivity index (χ4n) is 1.68. The topological polar surface area (TPSA) is 87.8 Å². The second kappa shape index (κ2) is 4.89. The smallest absolute Gasteiger partial charge is 0.319 e. The Hall–Kier alpha value is -2.48. The van der Waals surface area contributed by atoms with Gasteiger partial charge in [0, 0.05) is 6.20 Å². The molecule has 20 heavy (non-hydrogen) atoms. The Kier molecular flexibility index (Phi) is 3.07. The lowest BCUT2D eigenvalue weighted by atomic mass is 10.4. The standard InChI is InChI=1S/C11H9ClN6O2/c1-19-10-7(3-13-11(16-10)20-2)18-4-6-8(12)14-5-15-9(6)17-18/h3-5H,1-2H3. The lowest BCUT2D eigenvalue weighted by Gasteiger charge is -2.07. The van der Waals surface area contributed by atoms with Crippen molar-refractivity contribution in [3.8, 4) is 17.6 Å². The molecule has 3 rings (SSSR count). The molecule has 0 aromatic carbocycles. The molecule has 0 fully saturated rings. The summed E-state index contributed by atoms with van der Waals surface area (Å²) in [5.74, 6) is 0.328. The van der Waals surface area contributed by atoms with E-state index in [-0.39, 0.29) is 6.01 Å². The van der Waals surface area contributed by atoms with Crippen LogP contribution in [0.4, 0.5) is 0 Å². The van der Waals surface area contributed by atoms with Gasteiger partial charge in [-0.25, -0.2) is 19.6 Å². The number of rotatable bonds is 3. The van der Waals surface area contributed by atoms with Crippen LogP contribution < -0.4 is 9.47 Å². The highest BCUT2D eigenvalue weighted by molar-refractivity contribution is 6.33. The number of halogens is 1. The van der Waals surface area contributed by atoms with Gasteiger partial charge in [-0.05, 0) is 0 Å². The average Bonchev–Trinajstić information content (AvgIpc) is 2.92. The summed E-state index contributed by atoms with van der Waals surface area (Å²) < 4.78 is 11.7. The van der Waals surface area contributed by atoms with E-state index in [0.717, 1.165) is 0 Å². The Morgan fingerprint density at radius 3 is 2.70 bits per heavy atom. The molecule has 0 aliphatic heterocycles. The Morgan fingerprint density at radius 2 is 2.00 bits per heavy atom. The number of hydrogen-bond acceptors (Lipinski definition) is 7. The molecule has 0 N–H and O–H groups in total. The number of fused-ring (bicyclic) bond motifs is 1. The van der Waals surface area contributed by atoms with Crippen LogP contribution in [0.2, 0.25) is 5.15 Å². The summed E-state index contributed by atoms with van der Waals surface area (Å²) in [4.78, 5) is 16.1. The molecule has 0 saturated carbocycles. The fourth-order valence-corrected chi connectivity index (χ4v) is 1.86. The van der Waals surface area contributed by atoms with Gasteiger partial charge in [-0.2, -0.15) is 4.98 Å². The molecule has 0 spiro atoms. The van der Waals surface area contributed by atoms with E-state index in [4.69, 9.17) is 21.1 Å². The molecule has 8 nitrogen and oxygen atoms in total. The largest absolute Gasteiger partial charge is 0.479 e. The SMILES string of the molecule is COc1ncc(-n2cc3c(Cl)ncnc3n2)c(OC)n1. The van der Waals surface area contributed by atoms with Gasteiger partial charge in [-0.15, -0.1) is 5.10 Å². The summed E-state index contributed by atoms with van der Waals surface area (Å²) in [5, 5.41) is 5.25. The molecule has 0 aliphatic carbocycles. The van der Waals surface area contributed by atoms with Gasteiger partial charge in [0.25, 0.3) is 0 Å². The quantitative estimate of drug-likeness (QED) is 0.672.